The summed E-state index contributed by atoms with van der Waals surface area (Å²) < 4.78 is 39.7. The molecule has 29 heavy (non-hydrogen) atoms. The number of hydrogen-bond acceptors (Lipinski definition) is 5. The van der Waals surface area contributed by atoms with Crippen molar-refractivity contribution in [3.05, 3.63) is 77.9 Å². The van der Waals surface area contributed by atoms with E-state index >= 15 is 0 Å². The van der Waals surface area contributed by atoms with Crippen molar-refractivity contribution in [3.8, 4) is 16.9 Å². The highest BCUT2D eigenvalue weighted by Gasteiger charge is 2.28. The number of esters is 1. The van der Waals surface area contributed by atoms with Gasteiger partial charge in [0.05, 0.1) is 10.5 Å². The Morgan fingerprint density at radius 1 is 0.931 bits per heavy atom. The summed E-state index contributed by atoms with van der Waals surface area (Å²) in [5.41, 5.74) is 3.34. The largest absolute Gasteiger partial charge is 0.486 e. The summed E-state index contributed by atoms with van der Waals surface area (Å²) in [7, 11) is -3.87. The first-order valence-electron chi connectivity index (χ1n) is 9.19. The molecule has 2 heterocycles. The fourth-order valence-corrected chi connectivity index (χ4v) is 4.76. The van der Waals surface area contributed by atoms with Gasteiger partial charge in [-0.2, -0.15) is 0 Å². The Morgan fingerprint density at radius 3 is 2.62 bits per heavy atom. The van der Waals surface area contributed by atoms with E-state index in [9.17, 15) is 13.2 Å². The summed E-state index contributed by atoms with van der Waals surface area (Å²) in [6.07, 6.45) is 0.358. The van der Waals surface area contributed by atoms with Crippen molar-refractivity contribution in [2.45, 2.75) is 17.4 Å². The molecular formula is C22H17NO5S. The number of anilines is 1. The predicted molar refractivity (Wildman–Crippen MR) is 108 cm³/mol. The lowest BCUT2D eigenvalue weighted by molar-refractivity contribution is 0.0347. The van der Waals surface area contributed by atoms with Gasteiger partial charge in [-0.15, -0.1) is 0 Å². The maximum atomic E-state index is 12.8. The fourth-order valence-electron chi connectivity index (χ4n) is 3.67. The van der Waals surface area contributed by atoms with Crippen LogP contribution >= 0.6 is 0 Å². The first kappa shape index (κ1) is 17.8. The van der Waals surface area contributed by atoms with Gasteiger partial charge >= 0.3 is 5.97 Å². The lowest BCUT2D eigenvalue weighted by Gasteiger charge is -2.13. The minimum absolute atomic E-state index is 0.00481. The van der Waals surface area contributed by atoms with Crippen molar-refractivity contribution in [1.82, 2.24) is 0 Å². The minimum atomic E-state index is -3.87. The van der Waals surface area contributed by atoms with Crippen LogP contribution < -0.4 is 9.46 Å². The molecular weight excluding hydrogens is 390 g/mol. The van der Waals surface area contributed by atoms with E-state index in [1.165, 1.54) is 24.3 Å². The molecule has 3 aromatic carbocycles. The predicted octanol–water partition coefficient (Wildman–Crippen LogP) is 3.63. The highest BCUT2D eigenvalue weighted by Crippen LogP contribution is 2.39. The number of sulfonamides is 1. The van der Waals surface area contributed by atoms with Gasteiger partial charge in [-0.25, -0.2) is 13.2 Å². The summed E-state index contributed by atoms with van der Waals surface area (Å²) in [6.45, 7) is 0.0855. The van der Waals surface area contributed by atoms with Crippen molar-refractivity contribution in [3.63, 3.8) is 0 Å². The zero-order valence-corrected chi connectivity index (χ0v) is 16.1. The van der Waals surface area contributed by atoms with Gasteiger partial charge < -0.3 is 9.47 Å². The summed E-state index contributed by atoms with van der Waals surface area (Å²) >= 11 is 0. The van der Waals surface area contributed by atoms with Gasteiger partial charge in [0.15, 0.2) is 0 Å². The molecule has 3 aromatic rings. The number of fused-ring (bicyclic) bond motifs is 6. The van der Waals surface area contributed by atoms with E-state index in [2.05, 4.69) is 4.72 Å². The Hall–Kier alpha value is -3.32. The van der Waals surface area contributed by atoms with Crippen LogP contribution in [0.2, 0.25) is 0 Å². The van der Waals surface area contributed by atoms with Gasteiger partial charge in [-0.3, -0.25) is 4.72 Å². The van der Waals surface area contributed by atoms with Crippen molar-refractivity contribution in [2.24, 2.45) is 0 Å². The van der Waals surface area contributed by atoms with Gasteiger partial charge in [0.2, 0.25) is 0 Å². The molecule has 0 aromatic heterocycles. The van der Waals surface area contributed by atoms with Gasteiger partial charge in [0.25, 0.3) is 10.0 Å². The second kappa shape index (κ2) is 6.63. The SMILES string of the molecule is O=C1OCC2Cc3cccc(c3O2)-c2cccc(c2)NS(=O)(=O)c2cccc1c2. The van der Waals surface area contributed by atoms with Gasteiger partial charge in [-0.1, -0.05) is 36.4 Å². The normalized spacial score (nSPS) is 19.2. The molecule has 6 bridgehead atoms. The van der Waals surface area contributed by atoms with Crippen LogP contribution in [0.5, 0.6) is 5.75 Å². The molecule has 2 aliphatic rings. The summed E-state index contributed by atoms with van der Waals surface area (Å²) in [5, 5.41) is 0. The van der Waals surface area contributed by atoms with E-state index in [1.54, 1.807) is 18.2 Å². The number of ether oxygens (including phenoxy) is 2. The molecule has 0 aliphatic carbocycles. The van der Waals surface area contributed by atoms with Crippen LogP contribution in [0.25, 0.3) is 11.1 Å². The Bertz CT molecular complexity index is 1240. The zero-order chi connectivity index (χ0) is 20.0. The van der Waals surface area contributed by atoms with Crippen LogP contribution in [0.15, 0.2) is 71.6 Å². The highest BCUT2D eigenvalue weighted by atomic mass is 32.2. The number of para-hydroxylation sites is 1. The van der Waals surface area contributed by atoms with Crippen LogP contribution in [0.1, 0.15) is 15.9 Å². The average Bonchev–Trinajstić information content (AvgIpc) is 3.14. The van der Waals surface area contributed by atoms with Crippen molar-refractivity contribution < 1.29 is 22.7 Å². The van der Waals surface area contributed by atoms with Crippen molar-refractivity contribution in [1.29, 1.82) is 0 Å². The molecule has 2 aliphatic heterocycles. The average molecular weight is 407 g/mol. The zero-order valence-electron chi connectivity index (χ0n) is 15.3. The number of carbonyl (C=O) groups is 1. The molecule has 1 atom stereocenters. The summed E-state index contributed by atoms with van der Waals surface area (Å²) in [4.78, 5) is 12.4. The molecule has 6 nitrogen and oxygen atoms in total. The molecule has 1 N–H and O–H groups in total. The number of benzene rings is 3. The number of rotatable bonds is 0. The maximum absolute atomic E-state index is 12.8. The molecule has 0 amide bonds. The molecule has 0 spiro atoms. The number of nitrogens with one attached hydrogen (secondary N) is 1. The third-order valence-corrected chi connectivity index (χ3v) is 6.41. The van der Waals surface area contributed by atoms with Crippen LogP contribution in [0.3, 0.4) is 0 Å². The van der Waals surface area contributed by atoms with E-state index in [1.807, 2.05) is 24.3 Å². The summed E-state index contributed by atoms with van der Waals surface area (Å²) in [6, 6.07) is 18.8. The molecule has 0 radical (unpaired) electrons. The van der Waals surface area contributed by atoms with Crippen LogP contribution in [-0.2, 0) is 21.2 Å². The molecule has 0 fully saturated rings. The molecule has 5 rings (SSSR count). The first-order chi connectivity index (χ1) is 14.0. The maximum Gasteiger partial charge on any atom is 0.338 e. The van der Waals surface area contributed by atoms with Gasteiger partial charge in [-0.05, 0) is 41.5 Å². The third-order valence-electron chi connectivity index (χ3n) is 5.03. The first-order valence-corrected chi connectivity index (χ1v) is 10.7. The van der Waals surface area contributed by atoms with Crippen LogP contribution in [0.4, 0.5) is 5.69 Å². The highest BCUT2D eigenvalue weighted by molar-refractivity contribution is 7.92. The Balaban J connectivity index is 1.66. The molecule has 146 valence electrons. The van der Waals surface area contributed by atoms with E-state index < -0.39 is 16.0 Å². The number of cyclic esters (lactones) is 1. The van der Waals surface area contributed by atoms with E-state index in [4.69, 9.17) is 9.47 Å². The lowest BCUT2D eigenvalue weighted by atomic mass is 10.0. The van der Waals surface area contributed by atoms with Crippen LogP contribution in [-0.4, -0.2) is 27.1 Å². The molecule has 0 saturated heterocycles. The van der Waals surface area contributed by atoms with Crippen LogP contribution in [0, 0.1) is 0 Å². The monoisotopic (exact) mass is 407 g/mol. The Morgan fingerprint density at radius 2 is 1.72 bits per heavy atom. The second-order valence-corrected chi connectivity index (χ2v) is 8.73. The second-order valence-electron chi connectivity index (χ2n) is 7.05. The van der Waals surface area contributed by atoms with Gasteiger partial charge in [0.1, 0.15) is 18.5 Å². The van der Waals surface area contributed by atoms with Crippen molar-refractivity contribution >= 4 is 21.7 Å². The lowest BCUT2D eigenvalue weighted by Crippen LogP contribution is -2.23. The minimum Gasteiger partial charge on any atom is -0.486 e. The Kier molecular flexibility index (Phi) is 4.06. The topological polar surface area (TPSA) is 81.7 Å². The van der Waals surface area contributed by atoms with E-state index in [-0.39, 0.29) is 23.2 Å². The molecule has 7 heteroatoms. The smallest absolute Gasteiger partial charge is 0.338 e. The standard InChI is InChI=1S/C22H17NO5S/c24-22-16-6-2-8-19(12-16)29(25,26)23-17-7-1-4-14(10-17)20-9-3-5-15-11-18(13-27-22)28-21(15)20/h1-10,12,18,23H,11,13H2. The fraction of sp³-hybridized carbons (Fsp3) is 0.136. The van der Waals surface area contributed by atoms with Gasteiger partial charge in [0, 0.05) is 17.7 Å². The Labute approximate surface area is 168 Å². The third kappa shape index (κ3) is 3.23. The summed E-state index contributed by atoms with van der Waals surface area (Å²) in [5.74, 6) is 0.154. The molecule has 1 unspecified atom stereocenters. The number of hydrogen-bond donors (Lipinski definition) is 1. The number of carbonyl (C=O) groups excluding carboxylic acids is 1. The van der Waals surface area contributed by atoms with Crippen molar-refractivity contribution in [2.75, 3.05) is 11.3 Å². The van der Waals surface area contributed by atoms with E-state index in [0.717, 1.165) is 22.4 Å². The van der Waals surface area contributed by atoms with E-state index in [0.29, 0.717) is 12.1 Å². The quantitative estimate of drug-likeness (QED) is 0.576. The molecule has 0 saturated carbocycles.